The smallest absolute Gasteiger partial charge is 0.328 e. The Hall–Kier alpha value is -2.21. The molecule has 1 amide bonds. The highest BCUT2D eigenvalue weighted by atomic mass is 16.5. The molecule has 112 valence electrons. The number of amides is 1. The fourth-order valence-electron chi connectivity index (χ4n) is 2.47. The zero-order valence-electron chi connectivity index (χ0n) is 11.8. The van der Waals surface area contributed by atoms with Crippen molar-refractivity contribution in [2.24, 2.45) is 0 Å². The number of nitrogens with one attached hydrogen (secondary N) is 1. The third kappa shape index (κ3) is 4.13. The maximum atomic E-state index is 12.2. The van der Waals surface area contributed by atoms with Gasteiger partial charge in [0.15, 0.2) is 0 Å². The number of methoxy groups -OCH3 is 1. The summed E-state index contributed by atoms with van der Waals surface area (Å²) in [5.41, 5.74) is 0.976. The number of carbonyl (C=O) groups is 2. The first-order chi connectivity index (χ1) is 10.1. The van der Waals surface area contributed by atoms with Gasteiger partial charge in [0.25, 0.3) is 5.91 Å². The van der Waals surface area contributed by atoms with E-state index in [2.05, 4.69) is 10.3 Å². The fourth-order valence-corrected chi connectivity index (χ4v) is 2.47. The Balaban J connectivity index is 2.05. The molecule has 0 aromatic carbocycles. The second-order valence-corrected chi connectivity index (χ2v) is 4.96. The topological polar surface area (TPSA) is 88.5 Å². The first-order valence-electron chi connectivity index (χ1n) is 6.80. The van der Waals surface area contributed by atoms with E-state index in [1.54, 1.807) is 13.2 Å². The lowest BCUT2D eigenvalue weighted by Crippen LogP contribution is -2.40. The predicted octanol–water partition coefficient (Wildman–Crippen LogP) is 1.48. The number of carboxylic acid groups (broad SMARTS) is 1. The summed E-state index contributed by atoms with van der Waals surface area (Å²) in [7, 11) is 1.65. The molecule has 0 radical (unpaired) electrons. The summed E-state index contributed by atoms with van der Waals surface area (Å²) in [4.78, 5) is 26.7. The van der Waals surface area contributed by atoms with Crippen LogP contribution in [0.1, 0.15) is 35.2 Å². The molecule has 0 spiro atoms. The van der Waals surface area contributed by atoms with Crippen LogP contribution in [0.2, 0.25) is 0 Å². The maximum absolute atomic E-state index is 12.2. The monoisotopic (exact) mass is 290 g/mol. The normalized spacial score (nSPS) is 21.6. The number of carbonyl (C=O) groups excluding carboxylic acids is 1. The first kappa shape index (κ1) is 15.2. The molecule has 0 aliphatic heterocycles. The Morgan fingerprint density at radius 1 is 1.43 bits per heavy atom. The second kappa shape index (κ2) is 6.99. The van der Waals surface area contributed by atoms with Crippen LogP contribution in [0.3, 0.4) is 0 Å². The van der Waals surface area contributed by atoms with Crippen LogP contribution in [0, 0.1) is 0 Å². The van der Waals surface area contributed by atoms with E-state index in [9.17, 15) is 9.59 Å². The number of hydrogen-bond acceptors (Lipinski definition) is 4. The van der Waals surface area contributed by atoms with Gasteiger partial charge in [-0.1, -0.05) is 0 Å². The van der Waals surface area contributed by atoms with Crippen molar-refractivity contribution in [1.29, 1.82) is 0 Å². The van der Waals surface area contributed by atoms with Crippen LogP contribution < -0.4 is 5.32 Å². The lowest BCUT2D eigenvalue weighted by molar-refractivity contribution is -0.131. The van der Waals surface area contributed by atoms with Gasteiger partial charge < -0.3 is 15.2 Å². The van der Waals surface area contributed by atoms with Gasteiger partial charge in [0.2, 0.25) is 0 Å². The van der Waals surface area contributed by atoms with E-state index >= 15 is 0 Å². The van der Waals surface area contributed by atoms with Crippen LogP contribution >= 0.6 is 0 Å². The van der Waals surface area contributed by atoms with Crippen molar-refractivity contribution >= 4 is 18.0 Å². The Morgan fingerprint density at radius 3 is 2.95 bits per heavy atom. The van der Waals surface area contributed by atoms with E-state index in [0.717, 1.165) is 25.3 Å². The van der Waals surface area contributed by atoms with Gasteiger partial charge in [-0.15, -0.1) is 0 Å². The standard InChI is InChI=1S/C15H18N2O4/c1-21-13-4-2-3-12(13)17-15(20)11-7-10(8-16-9-11)5-6-14(18)19/h5-9,12-13H,2-4H2,1H3,(H,17,20)(H,18,19). The van der Waals surface area contributed by atoms with E-state index in [-0.39, 0.29) is 18.1 Å². The molecule has 1 aromatic rings. The Bertz CT molecular complexity index is 556. The Kier molecular flexibility index (Phi) is 5.05. The average molecular weight is 290 g/mol. The first-order valence-corrected chi connectivity index (χ1v) is 6.80. The number of aliphatic carboxylic acids is 1. The second-order valence-electron chi connectivity index (χ2n) is 4.96. The molecule has 1 aliphatic rings. The molecule has 6 nitrogen and oxygen atoms in total. The molecule has 2 N–H and O–H groups in total. The van der Waals surface area contributed by atoms with Gasteiger partial charge >= 0.3 is 5.97 Å². The van der Waals surface area contributed by atoms with Crippen molar-refractivity contribution in [1.82, 2.24) is 10.3 Å². The maximum Gasteiger partial charge on any atom is 0.328 e. The van der Waals surface area contributed by atoms with Crippen LogP contribution in [0.4, 0.5) is 0 Å². The van der Waals surface area contributed by atoms with Crippen molar-refractivity contribution < 1.29 is 19.4 Å². The van der Waals surface area contributed by atoms with Crippen molar-refractivity contribution in [2.45, 2.75) is 31.4 Å². The van der Waals surface area contributed by atoms with Gasteiger partial charge in [0, 0.05) is 25.6 Å². The minimum atomic E-state index is -1.04. The fraction of sp³-hybridized carbons (Fsp3) is 0.400. The molecule has 2 atom stereocenters. The molecule has 0 saturated heterocycles. The van der Waals surface area contributed by atoms with Gasteiger partial charge in [0.1, 0.15) is 0 Å². The largest absolute Gasteiger partial charge is 0.478 e. The summed E-state index contributed by atoms with van der Waals surface area (Å²) in [6, 6.07) is 1.62. The summed E-state index contributed by atoms with van der Waals surface area (Å²) >= 11 is 0. The zero-order valence-corrected chi connectivity index (χ0v) is 11.8. The van der Waals surface area contributed by atoms with E-state index in [1.807, 2.05) is 0 Å². The number of nitrogens with zero attached hydrogens (tertiary/aromatic N) is 1. The van der Waals surface area contributed by atoms with Crippen molar-refractivity contribution in [3.05, 3.63) is 35.7 Å². The van der Waals surface area contributed by atoms with Gasteiger partial charge in [-0.05, 0) is 37.0 Å². The quantitative estimate of drug-likeness (QED) is 0.802. The van der Waals surface area contributed by atoms with E-state index < -0.39 is 5.97 Å². The summed E-state index contributed by atoms with van der Waals surface area (Å²) in [6.45, 7) is 0. The molecule has 21 heavy (non-hydrogen) atoms. The number of rotatable bonds is 5. The van der Waals surface area contributed by atoms with E-state index in [0.29, 0.717) is 11.1 Å². The number of ether oxygens (including phenoxy) is 1. The Labute approximate surface area is 122 Å². The third-order valence-electron chi connectivity index (χ3n) is 3.51. The van der Waals surface area contributed by atoms with Crippen molar-refractivity contribution in [3.63, 3.8) is 0 Å². The molecule has 0 bridgehead atoms. The van der Waals surface area contributed by atoms with Crippen molar-refractivity contribution in [2.75, 3.05) is 7.11 Å². The third-order valence-corrected chi connectivity index (χ3v) is 3.51. The Morgan fingerprint density at radius 2 is 2.24 bits per heavy atom. The number of carboxylic acids is 1. The zero-order chi connectivity index (χ0) is 15.2. The summed E-state index contributed by atoms with van der Waals surface area (Å²) in [5.74, 6) is -1.26. The predicted molar refractivity (Wildman–Crippen MR) is 76.8 cm³/mol. The number of aromatic nitrogens is 1. The molecule has 1 fully saturated rings. The van der Waals surface area contributed by atoms with Crippen LogP contribution in [0.5, 0.6) is 0 Å². The molecule has 2 unspecified atom stereocenters. The van der Waals surface area contributed by atoms with Gasteiger partial charge in [-0.3, -0.25) is 9.78 Å². The van der Waals surface area contributed by atoms with E-state index in [4.69, 9.17) is 9.84 Å². The molecule has 1 aromatic heterocycles. The highest BCUT2D eigenvalue weighted by Crippen LogP contribution is 2.21. The van der Waals surface area contributed by atoms with Crippen LogP contribution in [-0.2, 0) is 9.53 Å². The molecular formula is C15H18N2O4. The average Bonchev–Trinajstić information content (AvgIpc) is 2.92. The molecule has 1 saturated carbocycles. The minimum Gasteiger partial charge on any atom is -0.478 e. The van der Waals surface area contributed by atoms with Gasteiger partial charge in [0.05, 0.1) is 17.7 Å². The molecular weight excluding hydrogens is 272 g/mol. The molecule has 1 aliphatic carbocycles. The highest BCUT2D eigenvalue weighted by Gasteiger charge is 2.28. The number of hydrogen-bond donors (Lipinski definition) is 2. The lowest BCUT2D eigenvalue weighted by Gasteiger charge is -2.19. The molecule has 1 heterocycles. The van der Waals surface area contributed by atoms with Gasteiger partial charge in [-0.25, -0.2) is 4.79 Å². The van der Waals surface area contributed by atoms with E-state index in [1.165, 1.54) is 18.5 Å². The van der Waals surface area contributed by atoms with Gasteiger partial charge in [-0.2, -0.15) is 0 Å². The summed E-state index contributed by atoms with van der Waals surface area (Å²) in [5, 5.41) is 11.5. The summed E-state index contributed by atoms with van der Waals surface area (Å²) in [6.07, 6.45) is 8.31. The van der Waals surface area contributed by atoms with Crippen molar-refractivity contribution in [3.8, 4) is 0 Å². The molecule has 6 heteroatoms. The van der Waals surface area contributed by atoms with Crippen LogP contribution in [-0.4, -0.2) is 41.2 Å². The SMILES string of the molecule is COC1CCCC1NC(=O)c1cncc(C=CC(=O)O)c1. The summed E-state index contributed by atoms with van der Waals surface area (Å²) < 4.78 is 5.34. The highest BCUT2D eigenvalue weighted by molar-refractivity contribution is 5.95. The van der Waals surface area contributed by atoms with Crippen LogP contribution in [0.25, 0.3) is 6.08 Å². The lowest BCUT2D eigenvalue weighted by atomic mass is 10.1. The number of pyridine rings is 1. The van der Waals surface area contributed by atoms with Crippen LogP contribution in [0.15, 0.2) is 24.5 Å². The minimum absolute atomic E-state index is 0.0146. The molecule has 2 rings (SSSR count).